The van der Waals surface area contributed by atoms with Gasteiger partial charge in [-0.2, -0.15) is 0 Å². The van der Waals surface area contributed by atoms with Gasteiger partial charge in [0.15, 0.2) is 11.5 Å². The van der Waals surface area contributed by atoms with E-state index in [9.17, 15) is 0 Å². The normalized spacial score (nSPS) is 15.0. The van der Waals surface area contributed by atoms with E-state index in [1.807, 2.05) is 30.5 Å². The second-order valence-electron chi connectivity index (χ2n) is 6.85. The number of rotatable bonds is 3. The molecule has 0 N–H and O–H groups in total. The van der Waals surface area contributed by atoms with Gasteiger partial charge < -0.3 is 9.47 Å². The van der Waals surface area contributed by atoms with Crippen LogP contribution in [-0.2, 0) is 6.42 Å². The second-order valence-corrected chi connectivity index (χ2v) is 7.77. The van der Waals surface area contributed by atoms with Gasteiger partial charge in [0, 0.05) is 29.9 Å². The number of fused-ring (bicyclic) bond motifs is 2. The van der Waals surface area contributed by atoms with Crippen molar-refractivity contribution in [1.82, 2.24) is 19.6 Å². The summed E-state index contributed by atoms with van der Waals surface area (Å²) in [7, 11) is 0. The molecule has 0 saturated heterocycles. The summed E-state index contributed by atoms with van der Waals surface area (Å²) in [6.07, 6.45) is 6.28. The quantitative estimate of drug-likeness (QED) is 0.540. The molecule has 7 heteroatoms. The summed E-state index contributed by atoms with van der Waals surface area (Å²) < 4.78 is 13.8. The van der Waals surface area contributed by atoms with Gasteiger partial charge in [-0.3, -0.25) is 4.98 Å². The minimum Gasteiger partial charge on any atom is -0.483 e. The Morgan fingerprint density at radius 2 is 2.15 bits per heavy atom. The number of pyridine rings is 1. The Balaban J connectivity index is 1.45. The second kappa shape index (κ2) is 5.54. The van der Waals surface area contributed by atoms with Gasteiger partial charge in [-0.05, 0) is 43.4 Å². The number of para-hydroxylation sites is 1. The first-order valence-electron chi connectivity index (χ1n) is 8.33. The van der Waals surface area contributed by atoms with Crippen LogP contribution in [0.1, 0.15) is 19.4 Å². The van der Waals surface area contributed by atoms with Gasteiger partial charge in [0.1, 0.15) is 5.60 Å². The lowest BCUT2D eigenvalue weighted by Gasteiger charge is -2.17. The minimum absolute atomic E-state index is 0.210. The molecule has 0 unspecified atom stereocenters. The third-order valence-corrected chi connectivity index (χ3v) is 5.03. The Hall–Kier alpha value is -2.93. The number of benzene rings is 1. The number of nitrogens with zero attached hydrogens (tertiary/aromatic N) is 4. The van der Waals surface area contributed by atoms with E-state index in [4.69, 9.17) is 9.47 Å². The van der Waals surface area contributed by atoms with E-state index in [0.29, 0.717) is 10.9 Å². The highest BCUT2D eigenvalue weighted by Gasteiger charge is 2.32. The lowest BCUT2D eigenvalue weighted by atomic mass is 10.0. The molecule has 0 fully saturated rings. The lowest BCUT2D eigenvalue weighted by Crippen LogP contribution is -2.24. The maximum absolute atomic E-state index is 6.05. The van der Waals surface area contributed by atoms with E-state index < -0.39 is 0 Å². The summed E-state index contributed by atoms with van der Waals surface area (Å²) >= 11 is 1.40. The molecule has 0 bridgehead atoms. The summed E-state index contributed by atoms with van der Waals surface area (Å²) in [4.78, 5) is 9.51. The van der Waals surface area contributed by atoms with Gasteiger partial charge in [-0.25, -0.2) is 9.50 Å². The fourth-order valence-corrected chi connectivity index (χ4v) is 3.89. The monoisotopic (exact) mass is 364 g/mol. The van der Waals surface area contributed by atoms with Crippen molar-refractivity contribution in [2.24, 2.45) is 0 Å². The summed E-state index contributed by atoms with van der Waals surface area (Å²) in [5, 5.41) is 5.02. The fraction of sp³-hybridized carbons (Fsp3) is 0.211. The Bertz CT molecular complexity index is 1070. The van der Waals surface area contributed by atoms with Crippen LogP contribution >= 0.6 is 11.3 Å². The topological polar surface area (TPSA) is 61.5 Å². The van der Waals surface area contributed by atoms with Crippen molar-refractivity contribution < 1.29 is 9.47 Å². The molecule has 5 rings (SSSR count). The molecule has 1 aliphatic heterocycles. The summed E-state index contributed by atoms with van der Waals surface area (Å²) in [6.45, 7) is 4.16. The van der Waals surface area contributed by atoms with Crippen molar-refractivity contribution >= 4 is 16.3 Å². The Labute approximate surface area is 154 Å². The Morgan fingerprint density at radius 3 is 2.96 bits per heavy atom. The zero-order chi connectivity index (χ0) is 17.7. The molecule has 130 valence electrons. The Morgan fingerprint density at radius 1 is 1.23 bits per heavy atom. The first kappa shape index (κ1) is 15.3. The minimum atomic E-state index is -0.210. The maximum Gasteiger partial charge on any atom is 0.300 e. The number of hydrogen-bond donors (Lipinski definition) is 0. The van der Waals surface area contributed by atoms with Gasteiger partial charge in [0.2, 0.25) is 4.96 Å². The summed E-state index contributed by atoms with van der Waals surface area (Å²) in [6, 6.07) is 9.83. The zero-order valence-corrected chi connectivity index (χ0v) is 15.2. The molecule has 26 heavy (non-hydrogen) atoms. The molecule has 1 aromatic carbocycles. The highest BCUT2D eigenvalue weighted by molar-refractivity contribution is 7.18. The molecular weight excluding hydrogens is 348 g/mol. The number of hydrogen-bond acceptors (Lipinski definition) is 6. The number of aromatic nitrogens is 4. The largest absolute Gasteiger partial charge is 0.483 e. The SMILES string of the molecule is CC1(C)Cc2cccc(Oc3nn4cc(-c5cccnc5)nc4s3)c2O1. The van der Waals surface area contributed by atoms with Crippen molar-refractivity contribution in [1.29, 1.82) is 0 Å². The third kappa shape index (κ3) is 2.61. The molecule has 0 aliphatic carbocycles. The third-order valence-electron chi connectivity index (χ3n) is 4.23. The Kier molecular flexibility index (Phi) is 3.27. The zero-order valence-electron chi connectivity index (χ0n) is 14.3. The van der Waals surface area contributed by atoms with Crippen LogP contribution in [0.15, 0.2) is 48.9 Å². The highest BCUT2D eigenvalue weighted by Crippen LogP contribution is 2.43. The fourth-order valence-electron chi connectivity index (χ4n) is 3.14. The molecule has 0 saturated carbocycles. The van der Waals surface area contributed by atoms with Gasteiger partial charge in [0.05, 0.1) is 11.9 Å². The van der Waals surface area contributed by atoms with E-state index in [0.717, 1.165) is 34.0 Å². The number of imidazole rings is 1. The molecule has 1 aliphatic rings. The van der Waals surface area contributed by atoms with E-state index in [-0.39, 0.29) is 5.60 Å². The average molecular weight is 364 g/mol. The van der Waals surface area contributed by atoms with E-state index in [1.54, 1.807) is 16.9 Å². The first-order valence-corrected chi connectivity index (χ1v) is 9.14. The summed E-state index contributed by atoms with van der Waals surface area (Å²) in [5.41, 5.74) is 2.75. The molecule has 4 heterocycles. The van der Waals surface area contributed by atoms with Crippen LogP contribution in [0.4, 0.5) is 0 Å². The molecule has 3 aromatic heterocycles. The van der Waals surface area contributed by atoms with Gasteiger partial charge >= 0.3 is 0 Å². The summed E-state index contributed by atoms with van der Waals surface area (Å²) in [5.74, 6) is 1.50. The van der Waals surface area contributed by atoms with Crippen molar-refractivity contribution in [3.8, 4) is 28.0 Å². The predicted molar refractivity (Wildman–Crippen MR) is 99.0 cm³/mol. The van der Waals surface area contributed by atoms with E-state index >= 15 is 0 Å². The number of ether oxygens (including phenoxy) is 2. The van der Waals surface area contributed by atoms with Crippen LogP contribution in [0.25, 0.3) is 16.2 Å². The molecule has 0 atom stereocenters. The molecule has 6 nitrogen and oxygen atoms in total. The molecule has 0 amide bonds. The van der Waals surface area contributed by atoms with Crippen LogP contribution in [-0.4, -0.2) is 25.2 Å². The van der Waals surface area contributed by atoms with Gasteiger partial charge in [0.25, 0.3) is 5.19 Å². The van der Waals surface area contributed by atoms with Crippen LogP contribution in [0.5, 0.6) is 16.7 Å². The van der Waals surface area contributed by atoms with Gasteiger partial charge in [-0.1, -0.05) is 12.1 Å². The van der Waals surface area contributed by atoms with Crippen LogP contribution < -0.4 is 9.47 Å². The standard InChI is InChI=1S/C19H16N4O2S/c1-19(2)9-12-5-3-7-15(16(12)25-19)24-18-22-23-11-14(21-17(23)26-18)13-6-4-8-20-10-13/h3-8,10-11H,9H2,1-2H3. The van der Waals surface area contributed by atoms with Crippen LogP contribution in [0.2, 0.25) is 0 Å². The average Bonchev–Trinajstić information content (AvgIpc) is 3.25. The first-order chi connectivity index (χ1) is 12.6. The highest BCUT2D eigenvalue weighted by atomic mass is 32.1. The van der Waals surface area contributed by atoms with Gasteiger partial charge in [-0.15, -0.1) is 5.10 Å². The predicted octanol–water partition coefficient (Wildman–Crippen LogP) is 4.36. The van der Waals surface area contributed by atoms with Crippen molar-refractivity contribution in [2.45, 2.75) is 25.9 Å². The molecule has 4 aromatic rings. The molecule has 0 spiro atoms. The van der Waals surface area contributed by atoms with Crippen LogP contribution in [0.3, 0.4) is 0 Å². The smallest absolute Gasteiger partial charge is 0.300 e. The molecule has 0 radical (unpaired) electrons. The molecular formula is C19H16N4O2S. The van der Waals surface area contributed by atoms with Crippen molar-refractivity contribution in [3.05, 3.63) is 54.5 Å². The lowest BCUT2D eigenvalue weighted by molar-refractivity contribution is 0.135. The van der Waals surface area contributed by atoms with Crippen LogP contribution in [0, 0.1) is 0 Å². The van der Waals surface area contributed by atoms with E-state index in [2.05, 4.69) is 35.0 Å². The maximum atomic E-state index is 6.05. The van der Waals surface area contributed by atoms with E-state index in [1.165, 1.54) is 11.3 Å². The van der Waals surface area contributed by atoms with Crippen molar-refractivity contribution in [3.63, 3.8) is 0 Å². The van der Waals surface area contributed by atoms with Crippen molar-refractivity contribution in [2.75, 3.05) is 0 Å².